The molecule has 0 fully saturated rings. The number of amides is 1. The zero-order chi connectivity index (χ0) is 27.4. The average molecular weight is 510 g/mol. The van der Waals surface area contributed by atoms with E-state index in [1.54, 1.807) is 69.3 Å². The van der Waals surface area contributed by atoms with Crippen LogP contribution in [0.3, 0.4) is 0 Å². The molecule has 10 nitrogen and oxygen atoms in total. The lowest BCUT2D eigenvalue weighted by Gasteiger charge is -2.16. The molecule has 0 bridgehead atoms. The molecule has 0 aliphatic heterocycles. The summed E-state index contributed by atoms with van der Waals surface area (Å²) in [5.74, 6) is -1.90. The maximum Gasteiger partial charge on any atom is 0.343 e. The fourth-order valence-corrected chi connectivity index (χ4v) is 3.29. The molecule has 0 aromatic heterocycles. The van der Waals surface area contributed by atoms with Crippen LogP contribution in [-0.2, 0) is 23.9 Å². The molecule has 0 spiro atoms. The summed E-state index contributed by atoms with van der Waals surface area (Å²) in [7, 11) is 0. The van der Waals surface area contributed by atoms with E-state index >= 15 is 0 Å². The van der Waals surface area contributed by atoms with Crippen LogP contribution in [0, 0.1) is 12.3 Å². The van der Waals surface area contributed by atoms with Gasteiger partial charge < -0.3 is 25.3 Å². The summed E-state index contributed by atoms with van der Waals surface area (Å²) in [6.45, 7) is 5.49. The average Bonchev–Trinajstić information content (AvgIpc) is 2.83. The molecule has 37 heavy (non-hydrogen) atoms. The standard InChI is InChI=1S/C27H31N3O7/c1-4-35-24(32)15-21(16-25(33)36-5-2)30-23(31)13-10-18-6-7-20(14-17(18)3)27(34)37-22-11-8-19(9-12-22)26(28)29/h6-14,21H,4-5,15-16H2,1-3H3,(H3,28,29)(H,30,31)/b13-10+. The van der Waals surface area contributed by atoms with Crippen molar-refractivity contribution >= 4 is 35.7 Å². The highest BCUT2D eigenvalue weighted by Gasteiger charge is 2.20. The molecule has 0 unspecified atom stereocenters. The molecular weight excluding hydrogens is 478 g/mol. The maximum absolute atomic E-state index is 12.5. The molecule has 0 saturated carbocycles. The zero-order valence-electron chi connectivity index (χ0n) is 21.0. The number of hydrogen-bond acceptors (Lipinski definition) is 8. The molecule has 10 heteroatoms. The summed E-state index contributed by atoms with van der Waals surface area (Å²) in [4.78, 5) is 48.7. The topological polar surface area (TPSA) is 158 Å². The van der Waals surface area contributed by atoms with Gasteiger partial charge in [-0.2, -0.15) is 0 Å². The second kappa shape index (κ2) is 14.2. The van der Waals surface area contributed by atoms with E-state index in [0.717, 1.165) is 5.56 Å². The first-order chi connectivity index (χ1) is 17.6. The van der Waals surface area contributed by atoms with Gasteiger partial charge in [-0.3, -0.25) is 19.8 Å². The minimum absolute atomic E-state index is 0.0839. The number of nitrogen functional groups attached to an aromatic ring is 1. The van der Waals surface area contributed by atoms with Gasteiger partial charge in [0.2, 0.25) is 5.91 Å². The lowest BCUT2D eigenvalue weighted by atomic mass is 10.0. The minimum atomic E-state index is -0.780. The van der Waals surface area contributed by atoms with E-state index in [4.69, 9.17) is 25.4 Å². The Kier molecular flexibility index (Phi) is 11.0. The van der Waals surface area contributed by atoms with E-state index in [1.165, 1.54) is 6.08 Å². The highest BCUT2D eigenvalue weighted by atomic mass is 16.5. The van der Waals surface area contributed by atoms with Crippen LogP contribution < -0.4 is 15.8 Å². The number of nitrogens with one attached hydrogen (secondary N) is 2. The van der Waals surface area contributed by atoms with E-state index in [2.05, 4.69) is 5.32 Å². The Bertz CT molecular complexity index is 1150. The molecular formula is C27H31N3O7. The second-order valence-electron chi connectivity index (χ2n) is 7.96. The van der Waals surface area contributed by atoms with Crippen molar-refractivity contribution in [1.29, 1.82) is 5.41 Å². The Morgan fingerprint density at radius 1 is 0.946 bits per heavy atom. The number of rotatable bonds is 12. The van der Waals surface area contributed by atoms with Crippen molar-refractivity contribution in [2.75, 3.05) is 13.2 Å². The maximum atomic E-state index is 12.5. The normalized spacial score (nSPS) is 10.7. The smallest absolute Gasteiger partial charge is 0.343 e. The van der Waals surface area contributed by atoms with Gasteiger partial charge in [-0.1, -0.05) is 6.07 Å². The third-order valence-electron chi connectivity index (χ3n) is 5.08. The molecule has 0 saturated heterocycles. The first-order valence-electron chi connectivity index (χ1n) is 11.7. The van der Waals surface area contributed by atoms with E-state index in [1.807, 2.05) is 0 Å². The van der Waals surface area contributed by atoms with Crippen molar-refractivity contribution in [2.24, 2.45) is 5.73 Å². The largest absolute Gasteiger partial charge is 0.466 e. The quantitative estimate of drug-likeness (QED) is 0.130. The van der Waals surface area contributed by atoms with E-state index < -0.39 is 29.9 Å². The van der Waals surface area contributed by atoms with Crippen molar-refractivity contribution in [3.05, 3.63) is 70.8 Å². The lowest BCUT2D eigenvalue weighted by Crippen LogP contribution is -2.38. The molecule has 0 aliphatic carbocycles. The first-order valence-corrected chi connectivity index (χ1v) is 11.7. The monoisotopic (exact) mass is 509 g/mol. The Morgan fingerprint density at radius 2 is 1.51 bits per heavy atom. The Hall–Kier alpha value is -4.47. The summed E-state index contributed by atoms with van der Waals surface area (Å²) < 4.78 is 15.2. The first kappa shape index (κ1) is 28.8. The number of hydrogen-bond donors (Lipinski definition) is 3. The van der Waals surface area contributed by atoms with E-state index in [9.17, 15) is 19.2 Å². The number of benzene rings is 2. The van der Waals surface area contributed by atoms with E-state index in [0.29, 0.717) is 22.4 Å². The van der Waals surface area contributed by atoms with Crippen LogP contribution in [0.2, 0.25) is 0 Å². The van der Waals surface area contributed by atoms with Gasteiger partial charge in [0, 0.05) is 11.6 Å². The van der Waals surface area contributed by atoms with Crippen LogP contribution in [0.1, 0.15) is 53.7 Å². The molecule has 196 valence electrons. The Labute approximate surface area is 215 Å². The highest BCUT2D eigenvalue weighted by molar-refractivity contribution is 5.96. The number of carbonyl (C=O) groups is 4. The summed E-state index contributed by atoms with van der Waals surface area (Å²) in [5.41, 5.74) is 7.66. The number of carbonyl (C=O) groups excluding carboxylic acids is 4. The van der Waals surface area contributed by atoms with Crippen LogP contribution in [0.25, 0.3) is 6.08 Å². The lowest BCUT2D eigenvalue weighted by molar-refractivity contribution is -0.146. The molecule has 0 atom stereocenters. The van der Waals surface area contributed by atoms with Gasteiger partial charge >= 0.3 is 17.9 Å². The number of esters is 3. The van der Waals surface area contributed by atoms with Crippen LogP contribution in [0.15, 0.2) is 48.5 Å². The fraction of sp³-hybridized carbons (Fsp3) is 0.296. The highest BCUT2D eigenvalue weighted by Crippen LogP contribution is 2.17. The predicted molar refractivity (Wildman–Crippen MR) is 137 cm³/mol. The fourth-order valence-electron chi connectivity index (χ4n) is 3.29. The minimum Gasteiger partial charge on any atom is -0.466 e. The Morgan fingerprint density at radius 3 is 2.03 bits per heavy atom. The van der Waals surface area contributed by atoms with E-state index in [-0.39, 0.29) is 31.9 Å². The van der Waals surface area contributed by atoms with Crippen molar-refractivity contribution < 1.29 is 33.4 Å². The van der Waals surface area contributed by atoms with Gasteiger partial charge in [0.25, 0.3) is 0 Å². The molecule has 2 rings (SSSR count). The van der Waals surface area contributed by atoms with Gasteiger partial charge in [-0.05, 0) is 74.4 Å². The molecule has 2 aromatic rings. The SMILES string of the molecule is CCOC(=O)CC(CC(=O)OCC)NC(=O)/C=C/c1ccc(C(=O)Oc2ccc(C(=N)N)cc2)cc1C. The molecule has 0 aliphatic rings. The predicted octanol–water partition coefficient (Wildman–Crippen LogP) is 2.90. The van der Waals surface area contributed by atoms with Crippen molar-refractivity contribution in [2.45, 2.75) is 39.7 Å². The second-order valence-corrected chi connectivity index (χ2v) is 7.96. The van der Waals surface area contributed by atoms with Crippen molar-refractivity contribution in [3.8, 4) is 5.75 Å². The van der Waals surface area contributed by atoms with Crippen LogP contribution in [0.5, 0.6) is 5.75 Å². The summed E-state index contributed by atoms with van der Waals surface area (Å²) >= 11 is 0. The molecule has 0 heterocycles. The van der Waals surface area contributed by atoms with Gasteiger partial charge in [-0.15, -0.1) is 0 Å². The molecule has 1 amide bonds. The van der Waals surface area contributed by atoms with Gasteiger partial charge in [0.1, 0.15) is 11.6 Å². The number of nitrogens with two attached hydrogens (primary N) is 1. The third-order valence-corrected chi connectivity index (χ3v) is 5.08. The third kappa shape index (κ3) is 9.60. The van der Waals surface area contributed by atoms with Crippen molar-refractivity contribution in [3.63, 3.8) is 0 Å². The van der Waals surface area contributed by atoms with Gasteiger partial charge in [0.15, 0.2) is 0 Å². The zero-order valence-corrected chi connectivity index (χ0v) is 21.0. The van der Waals surface area contributed by atoms with Gasteiger partial charge in [-0.25, -0.2) is 4.79 Å². The summed E-state index contributed by atoms with van der Waals surface area (Å²) in [6.07, 6.45) is 2.51. The summed E-state index contributed by atoms with van der Waals surface area (Å²) in [6, 6.07) is 10.4. The van der Waals surface area contributed by atoms with Crippen LogP contribution >= 0.6 is 0 Å². The Balaban J connectivity index is 2.03. The summed E-state index contributed by atoms with van der Waals surface area (Å²) in [5, 5.41) is 10.0. The molecule has 2 aromatic carbocycles. The molecule has 4 N–H and O–H groups in total. The van der Waals surface area contributed by atoms with Gasteiger partial charge in [0.05, 0.1) is 37.7 Å². The number of ether oxygens (including phenoxy) is 3. The van der Waals surface area contributed by atoms with Crippen LogP contribution in [0.4, 0.5) is 0 Å². The van der Waals surface area contributed by atoms with Crippen LogP contribution in [-0.4, -0.2) is 48.9 Å². The number of aryl methyl sites for hydroxylation is 1. The number of amidine groups is 1. The van der Waals surface area contributed by atoms with Crippen molar-refractivity contribution in [1.82, 2.24) is 5.32 Å². The molecule has 0 radical (unpaired) electrons.